The lowest BCUT2D eigenvalue weighted by atomic mass is 10.0. The van der Waals surface area contributed by atoms with Crippen LogP contribution in [0.2, 0.25) is 5.02 Å². The molecule has 0 unspecified atom stereocenters. The van der Waals surface area contributed by atoms with E-state index in [9.17, 15) is 24.2 Å². The summed E-state index contributed by atoms with van der Waals surface area (Å²) in [6.45, 7) is -0.177. The smallest absolute Gasteiger partial charge is 0.341 e. The second kappa shape index (κ2) is 8.73. The average Bonchev–Trinajstić information content (AvgIpc) is 2.70. The number of benzene rings is 2. The monoisotopic (exact) mass is 419 g/mol. The van der Waals surface area contributed by atoms with E-state index in [1.54, 1.807) is 30.3 Å². The highest BCUT2D eigenvalue weighted by Gasteiger charge is 2.19. The fourth-order valence-electron chi connectivity index (χ4n) is 3.29. The molecule has 0 saturated heterocycles. The molecule has 0 radical (unpaired) electrons. The number of aromatic nitrogens is 1. The molecule has 0 saturated carbocycles. The Morgan fingerprint density at radius 1 is 1.31 bits per heavy atom. The number of aliphatic hydroxyl groups excluding tert-OH is 1. The van der Waals surface area contributed by atoms with E-state index in [1.807, 2.05) is 0 Å². The normalized spacial score (nSPS) is 12.3. The van der Waals surface area contributed by atoms with E-state index in [0.717, 1.165) is 0 Å². The predicted molar refractivity (Wildman–Crippen MR) is 107 cm³/mol. The summed E-state index contributed by atoms with van der Waals surface area (Å²) in [6.07, 6.45) is 1.39. The first-order valence-corrected chi connectivity index (χ1v) is 9.19. The summed E-state index contributed by atoms with van der Waals surface area (Å²) in [4.78, 5) is 24.3. The molecule has 8 heteroatoms. The van der Waals surface area contributed by atoms with Gasteiger partial charge in [0.15, 0.2) is 0 Å². The summed E-state index contributed by atoms with van der Waals surface area (Å²) in [5.74, 6) is -1.91. The maximum Gasteiger partial charge on any atom is 0.341 e. The van der Waals surface area contributed by atoms with Gasteiger partial charge in [0.25, 0.3) is 0 Å². The van der Waals surface area contributed by atoms with Crippen molar-refractivity contribution in [2.45, 2.75) is 12.5 Å². The van der Waals surface area contributed by atoms with Crippen LogP contribution in [0.4, 0.5) is 4.39 Å². The second-order valence-corrected chi connectivity index (χ2v) is 7.02. The van der Waals surface area contributed by atoms with Crippen LogP contribution in [0.1, 0.15) is 27.5 Å². The largest absolute Gasteiger partial charge is 0.477 e. The van der Waals surface area contributed by atoms with E-state index in [2.05, 4.69) is 0 Å². The third-order valence-corrected chi connectivity index (χ3v) is 5.01. The molecule has 29 heavy (non-hydrogen) atoms. The third-order valence-electron chi connectivity index (χ3n) is 4.72. The van der Waals surface area contributed by atoms with Crippen molar-refractivity contribution in [1.82, 2.24) is 4.57 Å². The quantitative estimate of drug-likeness (QED) is 0.613. The van der Waals surface area contributed by atoms with E-state index < -0.39 is 28.8 Å². The van der Waals surface area contributed by atoms with E-state index >= 15 is 0 Å². The number of fused-ring (bicyclic) bond motifs is 1. The molecule has 0 aliphatic carbocycles. The van der Waals surface area contributed by atoms with Crippen molar-refractivity contribution in [3.8, 4) is 0 Å². The fraction of sp³-hybridized carbons (Fsp3) is 0.238. The van der Waals surface area contributed by atoms with Crippen molar-refractivity contribution < 1.29 is 24.1 Å². The van der Waals surface area contributed by atoms with Crippen LogP contribution in [0, 0.1) is 5.82 Å². The molecule has 0 aliphatic rings. The van der Waals surface area contributed by atoms with Crippen LogP contribution in [0.15, 0.2) is 47.4 Å². The number of halogens is 2. The Labute approximate surface area is 170 Å². The summed E-state index contributed by atoms with van der Waals surface area (Å²) in [6, 6.07) is 9.02. The number of hydrogen-bond donors (Lipinski definition) is 2. The molecule has 3 aromatic rings. The van der Waals surface area contributed by atoms with Crippen molar-refractivity contribution >= 4 is 28.5 Å². The SMILES string of the molecule is COC[C@@H](CO)n1cc(C(=O)O)c(=O)c2cc(Cc3cccc(Cl)c3F)ccc21. The second-order valence-electron chi connectivity index (χ2n) is 6.62. The van der Waals surface area contributed by atoms with E-state index in [0.29, 0.717) is 16.6 Å². The molecule has 0 fully saturated rings. The van der Waals surface area contributed by atoms with Gasteiger partial charge in [0.2, 0.25) is 5.43 Å². The van der Waals surface area contributed by atoms with Crippen LogP contribution in [0.25, 0.3) is 10.9 Å². The average molecular weight is 420 g/mol. The number of nitrogens with zero attached hydrogens (tertiary/aromatic N) is 1. The van der Waals surface area contributed by atoms with Gasteiger partial charge in [-0.25, -0.2) is 9.18 Å². The number of aliphatic hydroxyl groups is 1. The first kappa shape index (κ1) is 21.0. The number of hydrogen-bond acceptors (Lipinski definition) is 4. The number of carboxylic acids is 1. The highest BCUT2D eigenvalue weighted by atomic mass is 35.5. The molecule has 6 nitrogen and oxygen atoms in total. The highest BCUT2D eigenvalue weighted by molar-refractivity contribution is 6.30. The van der Waals surface area contributed by atoms with Gasteiger partial charge in [0, 0.05) is 25.1 Å². The summed E-state index contributed by atoms with van der Waals surface area (Å²) < 4.78 is 20.9. The molecular formula is C21H19ClFNO5. The zero-order valence-corrected chi connectivity index (χ0v) is 16.3. The number of aromatic carboxylic acids is 1. The Balaban J connectivity index is 2.18. The molecule has 2 N–H and O–H groups in total. The minimum atomic E-state index is -1.37. The zero-order valence-electron chi connectivity index (χ0n) is 15.6. The minimum Gasteiger partial charge on any atom is -0.477 e. The first-order valence-electron chi connectivity index (χ1n) is 8.81. The van der Waals surface area contributed by atoms with Crippen molar-refractivity contribution in [2.75, 3.05) is 20.3 Å². The Morgan fingerprint density at radius 2 is 2.07 bits per heavy atom. The summed E-state index contributed by atoms with van der Waals surface area (Å²) >= 11 is 5.83. The van der Waals surface area contributed by atoms with Crippen LogP contribution in [-0.2, 0) is 11.2 Å². The van der Waals surface area contributed by atoms with Crippen LogP contribution in [-0.4, -0.2) is 41.1 Å². The van der Waals surface area contributed by atoms with Gasteiger partial charge in [-0.1, -0.05) is 29.8 Å². The molecule has 1 aromatic heterocycles. The highest BCUT2D eigenvalue weighted by Crippen LogP contribution is 2.23. The number of rotatable bonds is 7. The Morgan fingerprint density at radius 3 is 2.72 bits per heavy atom. The lowest BCUT2D eigenvalue weighted by molar-refractivity contribution is 0.0692. The summed E-state index contributed by atoms with van der Waals surface area (Å²) in [7, 11) is 1.46. The molecule has 0 bridgehead atoms. The molecule has 3 rings (SSSR count). The maximum atomic E-state index is 14.2. The Hall–Kier alpha value is -2.74. The number of carboxylic acid groups (broad SMARTS) is 1. The van der Waals surface area contributed by atoms with Crippen molar-refractivity contribution in [3.63, 3.8) is 0 Å². The number of methoxy groups -OCH3 is 1. The van der Waals surface area contributed by atoms with Gasteiger partial charge < -0.3 is 19.5 Å². The number of ether oxygens (including phenoxy) is 1. The van der Waals surface area contributed by atoms with E-state index in [1.165, 1.54) is 23.9 Å². The van der Waals surface area contributed by atoms with Crippen molar-refractivity contribution in [2.24, 2.45) is 0 Å². The van der Waals surface area contributed by atoms with Crippen LogP contribution in [0.5, 0.6) is 0 Å². The van der Waals surface area contributed by atoms with Gasteiger partial charge in [-0.15, -0.1) is 0 Å². The molecule has 0 amide bonds. The molecule has 1 heterocycles. The maximum absolute atomic E-state index is 14.2. The third kappa shape index (κ3) is 4.17. The van der Waals surface area contributed by atoms with E-state index in [-0.39, 0.29) is 30.0 Å². The lowest BCUT2D eigenvalue weighted by Crippen LogP contribution is -2.25. The lowest BCUT2D eigenvalue weighted by Gasteiger charge is -2.21. The first-order chi connectivity index (χ1) is 13.9. The van der Waals surface area contributed by atoms with Gasteiger partial charge in [-0.05, 0) is 29.3 Å². The minimum absolute atomic E-state index is 0.00385. The van der Waals surface area contributed by atoms with E-state index in [4.69, 9.17) is 16.3 Å². The van der Waals surface area contributed by atoms with Crippen LogP contribution < -0.4 is 5.43 Å². The van der Waals surface area contributed by atoms with Gasteiger partial charge >= 0.3 is 5.97 Å². The fourth-order valence-corrected chi connectivity index (χ4v) is 3.48. The topological polar surface area (TPSA) is 88.8 Å². The zero-order chi connectivity index (χ0) is 21.1. The predicted octanol–water partition coefficient (Wildman–Crippen LogP) is 3.26. The molecule has 0 spiro atoms. The van der Waals surface area contributed by atoms with Crippen molar-refractivity contribution in [1.29, 1.82) is 0 Å². The van der Waals surface area contributed by atoms with Crippen LogP contribution >= 0.6 is 11.6 Å². The number of carbonyl (C=O) groups is 1. The van der Waals surface area contributed by atoms with Crippen molar-refractivity contribution in [3.05, 3.63) is 80.3 Å². The Kier molecular flexibility index (Phi) is 6.32. The summed E-state index contributed by atoms with van der Waals surface area (Å²) in [5, 5.41) is 19.3. The molecule has 152 valence electrons. The number of pyridine rings is 1. The van der Waals surface area contributed by atoms with Gasteiger partial charge in [-0.3, -0.25) is 4.79 Å². The van der Waals surface area contributed by atoms with Gasteiger partial charge in [0.1, 0.15) is 11.4 Å². The molecule has 2 aromatic carbocycles. The standard InChI is InChI=1S/C21H19ClFNO5/c1-29-11-14(10-25)24-9-16(21(27)28)20(26)15-8-12(5-6-18(15)24)7-13-3-2-4-17(22)19(13)23/h2-6,8-9,14,25H,7,10-11H2,1H3,(H,27,28)/t14-/m1/s1. The summed E-state index contributed by atoms with van der Waals surface area (Å²) in [5.41, 5.74) is 0.368. The molecule has 0 aliphatic heterocycles. The molecular weight excluding hydrogens is 401 g/mol. The van der Waals surface area contributed by atoms with Crippen LogP contribution in [0.3, 0.4) is 0 Å². The Bertz CT molecular complexity index is 1130. The molecule has 1 atom stereocenters. The van der Waals surface area contributed by atoms with Gasteiger partial charge in [0.05, 0.1) is 29.8 Å². The van der Waals surface area contributed by atoms with Gasteiger partial charge in [-0.2, -0.15) is 0 Å².